The van der Waals surface area contributed by atoms with Crippen molar-refractivity contribution in [3.8, 4) is 0 Å². The van der Waals surface area contributed by atoms with Gasteiger partial charge in [-0.15, -0.1) is 11.6 Å². The van der Waals surface area contributed by atoms with Crippen LogP contribution in [-0.2, 0) is 0 Å². The number of hydrogen-bond donors (Lipinski definition) is 1. The standard InChI is InChI=1S/C11H18ClN3/c1-7(2)11-14-8(3)5-10(15-11)13-9(4)6-12/h5,7,9H,6H2,1-4H3,(H,13,14,15). The van der Waals surface area contributed by atoms with Crippen LogP contribution in [0.5, 0.6) is 0 Å². The second-order valence-electron chi connectivity index (χ2n) is 4.11. The highest BCUT2D eigenvalue weighted by molar-refractivity contribution is 6.18. The van der Waals surface area contributed by atoms with Gasteiger partial charge >= 0.3 is 0 Å². The minimum Gasteiger partial charge on any atom is -0.366 e. The van der Waals surface area contributed by atoms with Crippen LogP contribution in [0.15, 0.2) is 6.07 Å². The fourth-order valence-corrected chi connectivity index (χ4v) is 1.29. The van der Waals surface area contributed by atoms with Crippen molar-refractivity contribution < 1.29 is 0 Å². The lowest BCUT2D eigenvalue weighted by molar-refractivity contribution is 0.762. The van der Waals surface area contributed by atoms with Crippen LogP contribution in [0, 0.1) is 6.92 Å². The van der Waals surface area contributed by atoms with Gasteiger partial charge in [0, 0.05) is 29.6 Å². The molecule has 0 spiro atoms. The Morgan fingerprint density at radius 1 is 1.33 bits per heavy atom. The highest BCUT2D eigenvalue weighted by Gasteiger charge is 2.07. The molecule has 1 unspecified atom stereocenters. The van der Waals surface area contributed by atoms with Gasteiger partial charge in [0.2, 0.25) is 0 Å². The second kappa shape index (κ2) is 5.31. The summed E-state index contributed by atoms with van der Waals surface area (Å²) in [6, 6.07) is 2.16. The van der Waals surface area contributed by atoms with Gasteiger partial charge in [-0.2, -0.15) is 0 Å². The predicted molar refractivity (Wildman–Crippen MR) is 64.7 cm³/mol. The van der Waals surface area contributed by atoms with Crippen LogP contribution in [0.3, 0.4) is 0 Å². The molecule has 0 saturated carbocycles. The summed E-state index contributed by atoms with van der Waals surface area (Å²) in [5.41, 5.74) is 0.984. The molecule has 1 aromatic heterocycles. The molecule has 0 aliphatic carbocycles. The quantitative estimate of drug-likeness (QED) is 0.804. The minimum absolute atomic E-state index is 0.223. The zero-order valence-electron chi connectivity index (χ0n) is 9.71. The van der Waals surface area contributed by atoms with E-state index in [0.717, 1.165) is 17.3 Å². The molecule has 1 aromatic rings. The van der Waals surface area contributed by atoms with Gasteiger partial charge in [0.15, 0.2) is 0 Å². The summed E-state index contributed by atoms with van der Waals surface area (Å²) >= 11 is 5.74. The van der Waals surface area contributed by atoms with Crippen molar-refractivity contribution in [1.82, 2.24) is 9.97 Å². The number of alkyl halides is 1. The van der Waals surface area contributed by atoms with E-state index in [1.165, 1.54) is 0 Å². The summed E-state index contributed by atoms with van der Waals surface area (Å²) in [7, 11) is 0. The molecule has 15 heavy (non-hydrogen) atoms. The number of aryl methyl sites for hydroxylation is 1. The topological polar surface area (TPSA) is 37.8 Å². The Morgan fingerprint density at radius 2 is 2.00 bits per heavy atom. The molecule has 0 aromatic carbocycles. The lowest BCUT2D eigenvalue weighted by atomic mass is 10.2. The Hall–Kier alpha value is -0.830. The summed E-state index contributed by atoms with van der Waals surface area (Å²) in [4.78, 5) is 8.82. The summed E-state index contributed by atoms with van der Waals surface area (Å²) in [6.45, 7) is 8.18. The van der Waals surface area contributed by atoms with Crippen LogP contribution in [0.1, 0.15) is 38.2 Å². The van der Waals surface area contributed by atoms with E-state index in [9.17, 15) is 0 Å². The third kappa shape index (κ3) is 3.67. The van der Waals surface area contributed by atoms with Crippen molar-refractivity contribution in [2.75, 3.05) is 11.2 Å². The first-order valence-corrected chi connectivity index (χ1v) is 5.74. The molecule has 0 aliphatic rings. The van der Waals surface area contributed by atoms with E-state index < -0.39 is 0 Å². The maximum absolute atomic E-state index is 5.74. The van der Waals surface area contributed by atoms with Gasteiger partial charge in [-0.3, -0.25) is 0 Å². The number of hydrogen-bond acceptors (Lipinski definition) is 3. The fourth-order valence-electron chi connectivity index (χ4n) is 1.21. The summed E-state index contributed by atoms with van der Waals surface area (Å²) in [6.07, 6.45) is 0. The second-order valence-corrected chi connectivity index (χ2v) is 4.42. The molecule has 0 aliphatic heterocycles. The number of anilines is 1. The average Bonchev–Trinajstić information content (AvgIpc) is 2.16. The number of nitrogens with one attached hydrogen (secondary N) is 1. The van der Waals surface area contributed by atoms with Crippen LogP contribution in [0.2, 0.25) is 0 Å². The van der Waals surface area contributed by atoms with Crippen LogP contribution in [-0.4, -0.2) is 21.9 Å². The van der Waals surface area contributed by atoms with E-state index >= 15 is 0 Å². The molecule has 0 fully saturated rings. The molecule has 84 valence electrons. The molecule has 1 atom stereocenters. The molecular formula is C11H18ClN3. The van der Waals surface area contributed by atoms with Gasteiger partial charge in [-0.1, -0.05) is 13.8 Å². The molecular weight excluding hydrogens is 210 g/mol. The first-order chi connectivity index (χ1) is 7.02. The van der Waals surface area contributed by atoms with Gasteiger partial charge in [0.05, 0.1) is 0 Å². The summed E-state index contributed by atoms with van der Waals surface area (Å²) in [5, 5.41) is 3.24. The molecule has 4 heteroatoms. The zero-order valence-corrected chi connectivity index (χ0v) is 10.5. The first kappa shape index (κ1) is 12.2. The van der Waals surface area contributed by atoms with E-state index in [1.807, 2.05) is 19.9 Å². The van der Waals surface area contributed by atoms with Crippen molar-refractivity contribution in [3.05, 3.63) is 17.6 Å². The molecule has 0 saturated heterocycles. The normalized spacial score (nSPS) is 12.9. The maximum atomic E-state index is 5.74. The summed E-state index contributed by atoms with van der Waals surface area (Å²) < 4.78 is 0. The molecule has 3 nitrogen and oxygen atoms in total. The number of rotatable bonds is 4. The van der Waals surface area contributed by atoms with Gasteiger partial charge < -0.3 is 5.32 Å². The SMILES string of the molecule is Cc1cc(NC(C)CCl)nc(C(C)C)n1. The van der Waals surface area contributed by atoms with Gasteiger partial charge in [0.25, 0.3) is 0 Å². The number of halogens is 1. The minimum atomic E-state index is 0.223. The van der Waals surface area contributed by atoms with Gasteiger partial charge in [-0.05, 0) is 13.8 Å². The van der Waals surface area contributed by atoms with Crippen LogP contribution in [0.25, 0.3) is 0 Å². The van der Waals surface area contributed by atoms with Gasteiger partial charge in [0.1, 0.15) is 11.6 Å². The Kier molecular flexibility index (Phi) is 4.33. The van der Waals surface area contributed by atoms with Crippen LogP contribution >= 0.6 is 11.6 Å². The Labute approximate surface area is 96.3 Å². The van der Waals surface area contributed by atoms with Crippen molar-refractivity contribution >= 4 is 17.4 Å². The van der Waals surface area contributed by atoms with Crippen molar-refractivity contribution in [1.29, 1.82) is 0 Å². The Morgan fingerprint density at radius 3 is 2.53 bits per heavy atom. The molecule has 0 amide bonds. The third-order valence-corrected chi connectivity index (χ3v) is 2.48. The van der Waals surface area contributed by atoms with Crippen LogP contribution < -0.4 is 5.32 Å². The Balaban J connectivity index is 2.88. The predicted octanol–water partition coefficient (Wildman–Crippen LogP) is 2.95. The molecule has 1 rings (SSSR count). The maximum Gasteiger partial charge on any atom is 0.133 e. The van der Waals surface area contributed by atoms with Gasteiger partial charge in [-0.25, -0.2) is 9.97 Å². The number of aromatic nitrogens is 2. The van der Waals surface area contributed by atoms with Crippen molar-refractivity contribution in [2.45, 2.75) is 39.7 Å². The first-order valence-electron chi connectivity index (χ1n) is 5.21. The van der Waals surface area contributed by atoms with Crippen LogP contribution in [0.4, 0.5) is 5.82 Å². The van der Waals surface area contributed by atoms with E-state index in [2.05, 4.69) is 29.1 Å². The average molecular weight is 228 g/mol. The molecule has 1 N–H and O–H groups in total. The number of nitrogens with zero attached hydrogens (tertiary/aromatic N) is 2. The summed E-state index contributed by atoms with van der Waals surface area (Å²) in [5.74, 6) is 2.65. The molecule has 1 heterocycles. The fraction of sp³-hybridized carbons (Fsp3) is 0.636. The third-order valence-electron chi connectivity index (χ3n) is 2.01. The monoisotopic (exact) mass is 227 g/mol. The Bertz CT molecular complexity index is 326. The highest BCUT2D eigenvalue weighted by atomic mass is 35.5. The lowest BCUT2D eigenvalue weighted by Gasteiger charge is -2.13. The lowest BCUT2D eigenvalue weighted by Crippen LogP contribution is -2.18. The van der Waals surface area contributed by atoms with E-state index in [4.69, 9.17) is 11.6 Å². The molecule has 0 bridgehead atoms. The smallest absolute Gasteiger partial charge is 0.133 e. The largest absolute Gasteiger partial charge is 0.366 e. The zero-order chi connectivity index (χ0) is 11.4. The van der Waals surface area contributed by atoms with E-state index in [1.54, 1.807) is 0 Å². The highest BCUT2D eigenvalue weighted by Crippen LogP contribution is 2.14. The van der Waals surface area contributed by atoms with E-state index in [0.29, 0.717) is 11.8 Å². The van der Waals surface area contributed by atoms with Crippen molar-refractivity contribution in [3.63, 3.8) is 0 Å². The molecule has 0 radical (unpaired) electrons. The van der Waals surface area contributed by atoms with E-state index in [-0.39, 0.29) is 6.04 Å². The van der Waals surface area contributed by atoms with Crippen molar-refractivity contribution in [2.24, 2.45) is 0 Å².